The van der Waals surface area contributed by atoms with Crippen LogP contribution < -0.4 is 16.7 Å². The van der Waals surface area contributed by atoms with Crippen molar-refractivity contribution in [2.45, 2.75) is 26.4 Å². The van der Waals surface area contributed by atoms with Gasteiger partial charge in [-0.3, -0.25) is 14.7 Å². The number of nitrogens with two attached hydrogens (primary N) is 2. The van der Waals surface area contributed by atoms with Gasteiger partial charge in [-0.1, -0.05) is 18.2 Å². The van der Waals surface area contributed by atoms with Crippen LogP contribution in [0.1, 0.15) is 32.6 Å². The predicted molar refractivity (Wildman–Crippen MR) is 127 cm³/mol. The molecule has 0 saturated carbocycles. The first kappa shape index (κ1) is 22.8. The Morgan fingerprint density at radius 2 is 1.97 bits per heavy atom. The van der Waals surface area contributed by atoms with Crippen LogP contribution in [0.15, 0.2) is 41.5 Å². The Morgan fingerprint density at radius 3 is 2.70 bits per heavy atom. The lowest BCUT2D eigenvalue weighted by molar-refractivity contribution is -0.132. The van der Waals surface area contributed by atoms with Crippen molar-refractivity contribution in [1.82, 2.24) is 9.80 Å². The molecule has 1 saturated heterocycles. The van der Waals surface area contributed by atoms with E-state index in [1.807, 2.05) is 42.2 Å². The van der Waals surface area contributed by atoms with Gasteiger partial charge < -0.3 is 15.5 Å². The number of hydrazone groups is 1. The fraction of sp³-hybridized carbons (Fsp3) is 0.375. The highest BCUT2D eigenvalue weighted by Crippen LogP contribution is 2.22. The number of ether oxygens (including phenoxy) is 1. The van der Waals surface area contributed by atoms with E-state index in [0.29, 0.717) is 18.6 Å². The summed E-state index contributed by atoms with van der Waals surface area (Å²) in [4.78, 5) is 28.8. The van der Waals surface area contributed by atoms with Gasteiger partial charge in [-0.25, -0.2) is 10.6 Å². The van der Waals surface area contributed by atoms with Crippen molar-refractivity contribution in [2.24, 2.45) is 16.8 Å². The molecule has 0 unspecified atom stereocenters. The van der Waals surface area contributed by atoms with Gasteiger partial charge in [-0.2, -0.15) is 5.10 Å². The first-order chi connectivity index (χ1) is 15.9. The van der Waals surface area contributed by atoms with Crippen LogP contribution in [0.4, 0.5) is 5.69 Å². The van der Waals surface area contributed by atoms with E-state index in [-0.39, 0.29) is 11.9 Å². The number of esters is 1. The molecular weight excluding hydrogens is 420 g/mol. The van der Waals surface area contributed by atoms with E-state index < -0.39 is 0 Å². The van der Waals surface area contributed by atoms with Gasteiger partial charge in [0, 0.05) is 38.3 Å². The summed E-state index contributed by atoms with van der Waals surface area (Å²) in [5.74, 6) is 10.9. The van der Waals surface area contributed by atoms with Gasteiger partial charge in [0.15, 0.2) is 0 Å². The van der Waals surface area contributed by atoms with E-state index in [1.54, 1.807) is 0 Å². The number of rotatable bonds is 7. The maximum Gasteiger partial charge on any atom is 0.338 e. The molecule has 9 nitrogen and oxygen atoms in total. The van der Waals surface area contributed by atoms with Gasteiger partial charge in [0.1, 0.15) is 12.9 Å². The number of piperazine rings is 1. The summed E-state index contributed by atoms with van der Waals surface area (Å²) in [6.45, 7) is 6.44. The number of cyclic esters (lactones) is 1. The Labute approximate surface area is 193 Å². The average Bonchev–Trinajstić information content (AvgIpc) is 3.19. The maximum atomic E-state index is 12.9. The lowest BCUT2D eigenvalue weighted by atomic mass is 10.0. The van der Waals surface area contributed by atoms with Crippen molar-refractivity contribution in [3.63, 3.8) is 0 Å². The molecule has 4 N–H and O–H groups in total. The van der Waals surface area contributed by atoms with Crippen LogP contribution in [0.25, 0.3) is 0 Å². The lowest BCUT2D eigenvalue weighted by Crippen LogP contribution is -2.49. The lowest BCUT2D eigenvalue weighted by Gasteiger charge is -2.35. The van der Waals surface area contributed by atoms with Crippen LogP contribution in [0.5, 0.6) is 0 Å². The highest BCUT2D eigenvalue weighted by molar-refractivity contribution is 5.93. The van der Waals surface area contributed by atoms with Crippen molar-refractivity contribution in [1.29, 1.82) is 0 Å². The fourth-order valence-electron chi connectivity index (χ4n) is 4.30. The van der Waals surface area contributed by atoms with Crippen LogP contribution in [-0.4, -0.2) is 60.7 Å². The summed E-state index contributed by atoms with van der Waals surface area (Å²) in [6, 6.07) is 11.6. The first-order valence-corrected chi connectivity index (χ1v) is 11.1. The molecule has 174 valence electrons. The molecule has 2 aliphatic rings. The van der Waals surface area contributed by atoms with E-state index in [1.165, 1.54) is 16.9 Å². The third-order valence-corrected chi connectivity index (χ3v) is 6.35. The Bertz CT molecular complexity index is 1060. The zero-order valence-electron chi connectivity index (χ0n) is 18.9. The third kappa shape index (κ3) is 5.32. The second-order valence-electron chi connectivity index (χ2n) is 8.50. The quantitative estimate of drug-likeness (QED) is 0.214. The zero-order chi connectivity index (χ0) is 23.4. The molecule has 0 atom stereocenters. The highest BCUT2D eigenvalue weighted by Gasteiger charge is 2.23. The van der Waals surface area contributed by atoms with Crippen LogP contribution in [0.3, 0.4) is 0 Å². The molecule has 0 aromatic heterocycles. The smallest absolute Gasteiger partial charge is 0.338 e. The Morgan fingerprint density at radius 1 is 1.18 bits per heavy atom. The molecule has 9 heteroatoms. The monoisotopic (exact) mass is 450 g/mol. The molecule has 1 fully saturated rings. The minimum Gasteiger partial charge on any atom is -0.457 e. The molecule has 33 heavy (non-hydrogen) atoms. The largest absolute Gasteiger partial charge is 0.457 e. The first-order valence-electron chi connectivity index (χ1n) is 11.1. The molecule has 2 aromatic rings. The predicted octanol–water partition coefficient (Wildman–Crippen LogP) is 1.18. The van der Waals surface area contributed by atoms with Crippen LogP contribution in [0.2, 0.25) is 0 Å². The van der Waals surface area contributed by atoms with Gasteiger partial charge in [0.2, 0.25) is 5.91 Å². The van der Waals surface area contributed by atoms with E-state index in [4.69, 9.17) is 16.4 Å². The molecule has 0 spiro atoms. The summed E-state index contributed by atoms with van der Waals surface area (Å²) >= 11 is 0. The van der Waals surface area contributed by atoms with E-state index in [0.717, 1.165) is 61.5 Å². The molecule has 2 aromatic carbocycles. The third-order valence-electron chi connectivity index (χ3n) is 6.35. The van der Waals surface area contributed by atoms with Gasteiger partial charge in [0.25, 0.3) is 0 Å². The molecule has 0 radical (unpaired) electrons. The molecule has 2 heterocycles. The molecule has 4 rings (SSSR count). The van der Waals surface area contributed by atoms with Gasteiger partial charge in [-0.15, -0.1) is 0 Å². The topological polar surface area (TPSA) is 117 Å². The van der Waals surface area contributed by atoms with E-state index in [2.05, 4.69) is 16.1 Å². The molecule has 0 bridgehead atoms. The van der Waals surface area contributed by atoms with Crippen molar-refractivity contribution in [3.05, 3.63) is 64.2 Å². The van der Waals surface area contributed by atoms with Crippen LogP contribution >= 0.6 is 0 Å². The molecule has 0 aliphatic carbocycles. The minimum atomic E-state index is -0.231. The number of nitrogens with zero attached hydrogens (tertiary/aromatic N) is 4. The number of anilines is 1. The standard InChI is InChI=1S/C24H30N6O3/c1-17-12-21(30(26)16-27-25)4-3-19(17)14-23(31)29-10-8-28(9-11-29)7-6-18-2-5-22-20(13-18)15-33-24(22)32/h2-5,12-13,16H,6-11,14-15,25-26H2,1H3/b27-16-. The number of benzene rings is 2. The number of hydrogen-bond donors (Lipinski definition) is 2. The van der Waals surface area contributed by atoms with Crippen molar-refractivity contribution < 1.29 is 14.3 Å². The normalized spacial score (nSPS) is 16.2. The van der Waals surface area contributed by atoms with Crippen LogP contribution in [-0.2, 0) is 29.0 Å². The SMILES string of the molecule is Cc1cc(N(N)/C=N\N)ccc1CC(=O)N1CCN(CCc2ccc3c(c2)COC3=O)CC1. The van der Waals surface area contributed by atoms with Gasteiger partial charge in [-0.05, 0) is 48.2 Å². The number of hydrazine groups is 1. The highest BCUT2D eigenvalue weighted by atomic mass is 16.5. The second kappa shape index (κ2) is 10.0. The number of hydrogen-bond acceptors (Lipinski definition) is 7. The van der Waals surface area contributed by atoms with Crippen molar-refractivity contribution in [3.8, 4) is 0 Å². The summed E-state index contributed by atoms with van der Waals surface area (Å²) in [6.07, 6.45) is 2.62. The number of aryl methyl sites for hydroxylation is 1. The van der Waals surface area contributed by atoms with E-state index in [9.17, 15) is 9.59 Å². The van der Waals surface area contributed by atoms with Gasteiger partial charge >= 0.3 is 5.97 Å². The molecule has 2 aliphatic heterocycles. The minimum absolute atomic E-state index is 0.141. The zero-order valence-corrected chi connectivity index (χ0v) is 18.9. The number of carbonyl (C=O) groups is 2. The van der Waals surface area contributed by atoms with Crippen LogP contribution in [0, 0.1) is 6.92 Å². The number of amides is 1. The Balaban J connectivity index is 1.25. The fourth-order valence-corrected chi connectivity index (χ4v) is 4.30. The summed E-state index contributed by atoms with van der Waals surface area (Å²) in [5.41, 5.74) is 5.61. The summed E-state index contributed by atoms with van der Waals surface area (Å²) in [5, 5.41) is 4.76. The number of carbonyl (C=O) groups excluding carboxylic acids is 2. The number of fused-ring (bicyclic) bond motifs is 1. The second-order valence-corrected chi connectivity index (χ2v) is 8.50. The Kier molecular flexibility index (Phi) is 6.90. The molecule has 1 amide bonds. The summed E-state index contributed by atoms with van der Waals surface area (Å²) < 4.78 is 5.08. The van der Waals surface area contributed by atoms with Crippen molar-refractivity contribution in [2.75, 3.05) is 37.7 Å². The maximum absolute atomic E-state index is 12.9. The summed E-state index contributed by atoms with van der Waals surface area (Å²) in [7, 11) is 0. The van der Waals surface area contributed by atoms with Gasteiger partial charge in [0.05, 0.1) is 17.7 Å². The Hall–Kier alpha value is -3.43. The van der Waals surface area contributed by atoms with E-state index >= 15 is 0 Å². The average molecular weight is 451 g/mol. The molecular formula is C24H30N6O3. The van der Waals surface area contributed by atoms with Crippen molar-refractivity contribution >= 4 is 23.9 Å².